The van der Waals surface area contributed by atoms with E-state index in [1.807, 2.05) is 37.4 Å². The maximum atomic E-state index is 11.2. The lowest BCUT2D eigenvalue weighted by Crippen LogP contribution is -2.18. The Morgan fingerprint density at radius 3 is 2.90 bits per heavy atom. The van der Waals surface area contributed by atoms with E-state index in [0.717, 1.165) is 22.0 Å². The van der Waals surface area contributed by atoms with Gasteiger partial charge in [0.2, 0.25) is 0 Å². The van der Waals surface area contributed by atoms with Gasteiger partial charge in [0.05, 0.1) is 5.52 Å². The zero-order valence-electron chi connectivity index (χ0n) is 11.5. The van der Waals surface area contributed by atoms with Crippen LogP contribution in [0.3, 0.4) is 0 Å². The molecule has 3 rings (SSSR count). The largest absolute Gasteiger partial charge is 0.417 e. The lowest BCUT2D eigenvalue weighted by Gasteiger charge is -2.17. The van der Waals surface area contributed by atoms with Crippen molar-refractivity contribution in [2.24, 2.45) is 0 Å². The van der Waals surface area contributed by atoms with Gasteiger partial charge >= 0.3 is 5.76 Å². The summed E-state index contributed by atoms with van der Waals surface area (Å²) in [7, 11) is 1.93. The van der Waals surface area contributed by atoms with Gasteiger partial charge < -0.3 is 9.73 Å². The number of aromatic amines is 1. The van der Waals surface area contributed by atoms with Crippen molar-refractivity contribution in [1.29, 1.82) is 0 Å². The summed E-state index contributed by atoms with van der Waals surface area (Å²) in [4.78, 5) is 13.9. The first kappa shape index (κ1) is 14.1. The monoisotopic (exact) mass is 346 g/mol. The second-order valence-corrected chi connectivity index (χ2v) is 5.86. The second kappa shape index (κ2) is 5.87. The minimum Gasteiger partial charge on any atom is -0.408 e. The molecule has 0 amide bonds. The Kier molecular flexibility index (Phi) is 3.94. The normalized spacial score (nSPS) is 12.7. The summed E-state index contributed by atoms with van der Waals surface area (Å²) >= 11 is 3.49. The Morgan fingerprint density at radius 1 is 1.29 bits per heavy atom. The number of H-pyrrole nitrogens is 1. The van der Waals surface area contributed by atoms with Crippen LogP contribution in [0.4, 0.5) is 0 Å². The van der Waals surface area contributed by atoms with E-state index in [4.69, 9.17) is 4.42 Å². The van der Waals surface area contributed by atoms with Gasteiger partial charge in [0.1, 0.15) is 0 Å². The number of nitrogens with one attached hydrogen (secondary N) is 2. The Bertz CT molecular complexity index is 822. The highest BCUT2D eigenvalue weighted by molar-refractivity contribution is 9.10. The molecule has 3 aromatic rings. The molecule has 0 bridgehead atoms. The zero-order valence-corrected chi connectivity index (χ0v) is 13.1. The van der Waals surface area contributed by atoms with Crippen LogP contribution in [0.5, 0.6) is 0 Å². The van der Waals surface area contributed by atoms with E-state index in [1.54, 1.807) is 0 Å². The van der Waals surface area contributed by atoms with Crippen molar-refractivity contribution < 1.29 is 4.42 Å². The molecule has 2 aromatic carbocycles. The van der Waals surface area contributed by atoms with Gasteiger partial charge in [-0.15, -0.1) is 0 Å². The molecule has 1 aromatic heterocycles. The molecule has 5 heteroatoms. The van der Waals surface area contributed by atoms with Crippen LogP contribution in [0.1, 0.15) is 17.2 Å². The summed E-state index contributed by atoms with van der Waals surface area (Å²) in [5.74, 6) is -0.421. The fraction of sp³-hybridized carbons (Fsp3) is 0.188. The standard InChI is InChI=1S/C16H15BrN2O2/c1-18-14(8-10-3-2-4-12(17)7-10)11-5-6-13-15(9-11)21-16(20)19-13/h2-7,9,14,18H,8H2,1H3,(H,19,20). The predicted molar refractivity (Wildman–Crippen MR) is 86.5 cm³/mol. The van der Waals surface area contributed by atoms with Crippen LogP contribution in [0.2, 0.25) is 0 Å². The van der Waals surface area contributed by atoms with Gasteiger partial charge in [0.15, 0.2) is 5.58 Å². The van der Waals surface area contributed by atoms with E-state index in [0.29, 0.717) is 5.58 Å². The number of aromatic nitrogens is 1. The number of halogens is 1. The highest BCUT2D eigenvalue weighted by Crippen LogP contribution is 2.23. The van der Waals surface area contributed by atoms with Crippen molar-refractivity contribution in [3.63, 3.8) is 0 Å². The van der Waals surface area contributed by atoms with Crippen molar-refractivity contribution in [3.05, 3.63) is 68.6 Å². The van der Waals surface area contributed by atoms with Crippen LogP contribution in [0.25, 0.3) is 11.1 Å². The van der Waals surface area contributed by atoms with E-state index in [9.17, 15) is 4.79 Å². The third kappa shape index (κ3) is 3.09. The molecule has 4 nitrogen and oxygen atoms in total. The zero-order chi connectivity index (χ0) is 14.8. The topological polar surface area (TPSA) is 58.0 Å². The van der Waals surface area contributed by atoms with Crippen molar-refractivity contribution in [2.75, 3.05) is 7.05 Å². The molecule has 2 N–H and O–H groups in total. The number of benzene rings is 2. The molecule has 21 heavy (non-hydrogen) atoms. The first-order chi connectivity index (χ1) is 10.2. The summed E-state index contributed by atoms with van der Waals surface area (Å²) in [5, 5.41) is 3.31. The number of hydrogen-bond donors (Lipinski definition) is 2. The molecule has 0 saturated heterocycles. The lowest BCUT2D eigenvalue weighted by molar-refractivity contribution is 0.551. The van der Waals surface area contributed by atoms with Crippen LogP contribution in [-0.2, 0) is 6.42 Å². The maximum Gasteiger partial charge on any atom is 0.417 e. The number of likely N-dealkylation sites (N-methyl/N-ethyl adjacent to an activating group) is 1. The van der Waals surface area contributed by atoms with Crippen molar-refractivity contribution >= 4 is 27.0 Å². The van der Waals surface area contributed by atoms with E-state index >= 15 is 0 Å². The van der Waals surface area contributed by atoms with Gasteiger partial charge in [-0.05, 0) is 48.9 Å². The molecular weight excluding hydrogens is 332 g/mol. The SMILES string of the molecule is CNC(Cc1cccc(Br)c1)c1ccc2[nH]c(=O)oc2c1. The van der Waals surface area contributed by atoms with Crippen LogP contribution < -0.4 is 11.1 Å². The van der Waals surface area contributed by atoms with Crippen molar-refractivity contribution in [1.82, 2.24) is 10.3 Å². The van der Waals surface area contributed by atoms with Crippen molar-refractivity contribution in [3.8, 4) is 0 Å². The molecule has 0 saturated carbocycles. The molecule has 0 aliphatic heterocycles. The quantitative estimate of drug-likeness (QED) is 0.761. The number of rotatable bonds is 4. The number of hydrogen-bond acceptors (Lipinski definition) is 3. The number of oxazole rings is 1. The van der Waals surface area contributed by atoms with Gasteiger partial charge in [-0.2, -0.15) is 0 Å². The molecule has 1 heterocycles. The predicted octanol–water partition coefficient (Wildman–Crippen LogP) is 3.39. The van der Waals surface area contributed by atoms with Gasteiger partial charge in [-0.1, -0.05) is 34.1 Å². The smallest absolute Gasteiger partial charge is 0.408 e. The molecule has 0 radical (unpaired) electrons. The first-order valence-electron chi connectivity index (χ1n) is 6.70. The Labute approximate surface area is 130 Å². The van der Waals surface area contributed by atoms with E-state index in [1.165, 1.54) is 5.56 Å². The molecule has 1 unspecified atom stereocenters. The van der Waals surface area contributed by atoms with Crippen molar-refractivity contribution in [2.45, 2.75) is 12.5 Å². The van der Waals surface area contributed by atoms with E-state index in [2.05, 4.69) is 38.4 Å². The molecule has 0 aliphatic rings. The highest BCUT2D eigenvalue weighted by atomic mass is 79.9. The summed E-state index contributed by atoms with van der Waals surface area (Å²) in [6.07, 6.45) is 0.857. The number of fused-ring (bicyclic) bond motifs is 1. The van der Waals surface area contributed by atoms with Gasteiger partial charge in [0, 0.05) is 10.5 Å². The second-order valence-electron chi connectivity index (χ2n) is 4.95. The highest BCUT2D eigenvalue weighted by Gasteiger charge is 2.12. The summed E-state index contributed by atoms with van der Waals surface area (Å²) in [6.45, 7) is 0. The van der Waals surface area contributed by atoms with Gasteiger partial charge in [-0.25, -0.2) is 4.79 Å². The van der Waals surface area contributed by atoms with Crippen LogP contribution >= 0.6 is 15.9 Å². The fourth-order valence-electron chi connectivity index (χ4n) is 2.46. The molecule has 1 atom stereocenters. The average Bonchev–Trinajstić information content (AvgIpc) is 2.84. The van der Waals surface area contributed by atoms with Gasteiger partial charge in [-0.3, -0.25) is 4.98 Å². The minimum atomic E-state index is -0.421. The Hall–Kier alpha value is -1.85. The molecule has 0 aliphatic carbocycles. The van der Waals surface area contributed by atoms with Crippen LogP contribution in [-0.4, -0.2) is 12.0 Å². The van der Waals surface area contributed by atoms with Crippen LogP contribution in [0.15, 0.2) is 56.1 Å². The molecule has 0 spiro atoms. The molecular formula is C16H15BrN2O2. The summed E-state index contributed by atoms with van der Waals surface area (Å²) in [5.41, 5.74) is 3.64. The van der Waals surface area contributed by atoms with Gasteiger partial charge in [0.25, 0.3) is 0 Å². The maximum absolute atomic E-state index is 11.2. The van der Waals surface area contributed by atoms with Crippen LogP contribution in [0, 0.1) is 0 Å². The third-order valence-electron chi connectivity index (χ3n) is 3.52. The first-order valence-corrected chi connectivity index (χ1v) is 7.49. The summed E-state index contributed by atoms with van der Waals surface area (Å²) in [6, 6.07) is 14.2. The molecule has 108 valence electrons. The van der Waals surface area contributed by atoms with E-state index < -0.39 is 5.76 Å². The third-order valence-corrected chi connectivity index (χ3v) is 4.02. The lowest BCUT2D eigenvalue weighted by atomic mass is 9.99. The molecule has 0 fully saturated rings. The van der Waals surface area contributed by atoms with E-state index in [-0.39, 0.29) is 6.04 Å². The Morgan fingerprint density at radius 2 is 2.14 bits per heavy atom. The Balaban J connectivity index is 1.92. The minimum absolute atomic E-state index is 0.156. The average molecular weight is 347 g/mol. The summed E-state index contributed by atoms with van der Waals surface area (Å²) < 4.78 is 6.20. The fourth-order valence-corrected chi connectivity index (χ4v) is 2.91.